The van der Waals surface area contributed by atoms with E-state index in [4.69, 9.17) is 9.47 Å². The molecule has 1 atom stereocenters. The zero-order chi connectivity index (χ0) is 17.9. The minimum atomic E-state index is -0.751. The molecule has 5 nitrogen and oxygen atoms in total. The van der Waals surface area contributed by atoms with Crippen molar-refractivity contribution in [1.29, 1.82) is 0 Å². The number of fused-ring (bicyclic) bond motifs is 1. The fourth-order valence-corrected chi connectivity index (χ4v) is 3.19. The third-order valence-corrected chi connectivity index (χ3v) is 4.44. The minimum Gasteiger partial charge on any atom is -0.464 e. The Morgan fingerprint density at radius 2 is 2.04 bits per heavy atom. The van der Waals surface area contributed by atoms with E-state index >= 15 is 0 Å². The summed E-state index contributed by atoms with van der Waals surface area (Å²) in [5.41, 5.74) is 1.29. The molecule has 1 aromatic carbocycles. The number of carbonyl (C=O) groups excluding carboxylic acids is 2. The summed E-state index contributed by atoms with van der Waals surface area (Å²) in [7, 11) is 0. The van der Waals surface area contributed by atoms with Crippen LogP contribution in [0.5, 0.6) is 0 Å². The fraction of sp³-hybridized carbons (Fsp3) is 0.556. The van der Waals surface area contributed by atoms with Crippen molar-refractivity contribution in [3.8, 4) is 0 Å². The van der Waals surface area contributed by atoms with Crippen molar-refractivity contribution in [1.82, 2.24) is 4.90 Å². The molecule has 1 unspecified atom stereocenters. The summed E-state index contributed by atoms with van der Waals surface area (Å²) in [4.78, 5) is 27.7. The third kappa shape index (κ3) is 4.23. The van der Waals surface area contributed by atoms with Gasteiger partial charge in [0.15, 0.2) is 6.04 Å². The summed E-state index contributed by atoms with van der Waals surface area (Å²) in [5, 5.41) is 0. The molecule has 0 aromatic heterocycles. The second-order valence-electron chi connectivity index (χ2n) is 6.64. The molecule has 1 amide bonds. The van der Waals surface area contributed by atoms with Gasteiger partial charge in [0.05, 0.1) is 6.61 Å². The number of rotatable bonds is 3. The lowest BCUT2D eigenvalue weighted by Crippen LogP contribution is -2.46. The number of nitrogens with zero attached hydrogens (tertiary/aromatic N) is 1. The molecule has 0 bridgehead atoms. The standard InChI is InChI=1S/C18H25NO4S/c1-6-22-16(20)15-14-8-7-13(24-5)11-12(14)9-10-19(15)17(21)23-18(2,3)4/h7-8,11,15H,6,9-10H2,1-5H3. The zero-order valence-corrected chi connectivity index (χ0v) is 15.7. The van der Waals surface area contributed by atoms with E-state index in [1.807, 2.05) is 39.2 Å². The lowest BCUT2D eigenvalue weighted by molar-refractivity contribution is -0.150. The Morgan fingerprint density at radius 3 is 2.62 bits per heavy atom. The molecule has 1 aliphatic heterocycles. The van der Waals surface area contributed by atoms with Crippen LogP contribution in [0.15, 0.2) is 23.1 Å². The van der Waals surface area contributed by atoms with Gasteiger partial charge in [-0.25, -0.2) is 9.59 Å². The van der Waals surface area contributed by atoms with E-state index in [-0.39, 0.29) is 6.61 Å². The maximum Gasteiger partial charge on any atom is 0.411 e. The molecule has 132 valence electrons. The van der Waals surface area contributed by atoms with Crippen molar-refractivity contribution in [3.05, 3.63) is 29.3 Å². The third-order valence-electron chi connectivity index (χ3n) is 3.72. The van der Waals surface area contributed by atoms with Crippen LogP contribution in [0.2, 0.25) is 0 Å². The maximum atomic E-state index is 12.6. The second kappa shape index (κ2) is 7.47. The Kier molecular flexibility index (Phi) is 5.80. The Morgan fingerprint density at radius 1 is 1.33 bits per heavy atom. The van der Waals surface area contributed by atoms with E-state index in [9.17, 15) is 9.59 Å². The van der Waals surface area contributed by atoms with Crippen molar-refractivity contribution < 1.29 is 19.1 Å². The van der Waals surface area contributed by atoms with Crippen LogP contribution in [-0.2, 0) is 20.7 Å². The van der Waals surface area contributed by atoms with Crippen LogP contribution >= 0.6 is 11.8 Å². The smallest absolute Gasteiger partial charge is 0.411 e. The Labute approximate surface area is 147 Å². The molecule has 0 saturated heterocycles. The van der Waals surface area contributed by atoms with E-state index < -0.39 is 23.7 Å². The number of hydrogen-bond donors (Lipinski definition) is 0. The normalized spacial score (nSPS) is 17.2. The van der Waals surface area contributed by atoms with Crippen molar-refractivity contribution in [2.45, 2.75) is 50.7 Å². The molecule has 2 rings (SSSR count). The highest BCUT2D eigenvalue weighted by Gasteiger charge is 2.39. The largest absolute Gasteiger partial charge is 0.464 e. The maximum absolute atomic E-state index is 12.6. The van der Waals surface area contributed by atoms with Gasteiger partial charge in [0.1, 0.15) is 5.60 Å². The average molecular weight is 351 g/mol. The van der Waals surface area contributed by atoms with Gasteiger partial charge in [-0.05, 0) is 63.6 Å². The predicted molar refractivity (Wildman–Crippen MR) is 94.2 cm³/mol. The molecule has 0 spiro atoms. The SMILES string of the molecule is CCOC(=O)C1c2ccc(SC)cc2CCN1C(=O)OC(C)(C)C. The minimum absolute atomic E-state index is 0.274. The number of benzene rings is 1. The number of carbonyl (C=O) groups is 2. The summed E-state index contributed by atoms with van der Waals surface area (Å²) in [6.07, 6.45) is 2.22. The highest BCUT2D eigenvalue weighted by Crippen LogP contribution is 2.34. The number of thioether (sulfide) groups is 1. The summed E-state index contributed by atoms with van der Waals surface area (Å²) >= 11 is 1.66. The van der Waals surface area contributed by atoms with Crippen LogP contribution in [0.25, 0.3) is 0 Å². The lowest BCUT2D eigenvalue weighted by atomic mass is 9.93. The van der Waals surface area contributed by atoms with E-state index in [1.54, 1.807) is 18.7 Å². The molecular formula is C18H25NO4S. The summed E-state index contributed by atoms with van der Waals surface area (Å²) in [5.74, 6) is -0.416. The molecule has 0 N–H and O–H groups in total. The highest BCUT2D eigenvalue weighted by atomic mass is 32.2. The first-order valence-corrected chi connectivity index (χ1v) is 9.32. The number of esters is 1. The second-order valence-corrected chi connectivity index (χ2v) is 7.52. The average Bonchev–Trinajstić information content (AvgIpc) is 2.51. The monoisotopic (exact) mass is 351 g/mol. The van der Waals surface area contributed by atoms with Crippen molar-refractivity contribution in [2.24, 2.45) is 0 Å². The number of hydrogen-bond acceptors (Lipinski definition) is 5. The van der Waals surface area contributed by atoms with Crippen molar-refractivity contribution in [3.63, 3.8) is 0 Å². The highest BCUT2D eigenvalue weighted by molar-refractivity contribution is 7.98. The molecule has 0 aliphatic carbocycles. The first-order chi connectivity index (χ1) is 11.3. The number of amides is 1. The van der Waals surface area contributed by atoms with Gasteiger partial charge in [0.25, 0.3) is 0 Å². The lowest BCUT2D eigenvalue weighted by Gasteiger charge is -2.36. The van der Waals surface area contributed by atoms with E-state index in [0.717, 1.165) is 16.0 Å². The topological polar surface area (TPSA) is 55.8 Å². The number of ether oxygens (including phenoxy) is 2. The van der Waals surface area contributed by atoms with Gasteiger partial charge in [-0.3, -0.25) is 4.90 Å². The van der Waals surface area contributed by atoms with Crippen molar-refractivity contribution >= 4 is 23.8 Å². The zero-order valence-electron chi connectivity index (χ0n) is 14.9. The first-order valence-electron chi connectivity index (χ1n) is 8.10. The van der Waals surface area contributed by atoms with Gasteiger partial charge in [-0.2, -0.15) is 0 Å². The van der Waals surface area contributed by atoms with Gasteiger partial charge >= 0.3 is 12.1 Å². The van der Waals surface area contributed by atoms with Crippen LogP contribution < -0.4 is 0 Å². The molecule has 0 fully saturated rings. The Balaban J connectivity index is 2.38. The summed E-state index contributed by atoms with van der Waals surface area (Å²) < 4.78 is 10.7. The molecule has 1 aromatic rings. The van der Waals surface area contributed by atoms with Crippen LogP contribution in [0.1, 0.15) is 44.9 Å². The van der Waals surface area contributed by atoms with E-state index in [1.165, 1.54) is 4.90 Å². The fourth-order valence-electron chi connectivity index (χ4n) is 2.72. The molecule has 24 heavy (non-hydrogen) atoms. The Hall–Kier alpha value is -1.69. The van der Waals surface area contributed by atoms with Gasteiger partial charge in [-0.1, -0.05) is 6.07 Å². The molecular weight excluding hydrogens is 326 g/mol. The Bertz CT molecular complexity index is 624. The quantitative estimate of drug-likeness (QED) is 0.612. The van der Waals surface area contributed by atoms with Gasteiger partial charge in [-0.15, -0.1) is 11.8 Å². The predicted octanol–water partition coefficient (Wildman–Crippen LogP) is 3.81. The molecule has 6 heteroatoms. The van der Waals surface area contributed by atoms with Crippen molar-refractivity contribution in [2.75, 3.05) is 19.4 Å². The molecule has 1 aliphatic rings. The summed E-state index contributed by atoms with van der Waals surface area (Å²) in [6, 6.07) is 5.21. The van der Waals surface area contributed by atoms with Crippen LogP contribution in [-0.4, -0.2) is 42.0 Å². The molecule has 0 saturated carbocycles. The van der Waals surface area contributed by atoms with Gasteiger partial charge in [0.2, 0.25) is 0 Å². The van der Waals surface area contributed by atoms with E-state index in [2.05, 4.69) is 6.07 Å². The first kappa shape index (κ1) is 18.6. The van der Waals surface area contributed by atoms with Crippen LogP contribution in [0, 0.1) is 0 Å². The van der Waals surface area contributed by atoms with Crippen LogP contribution in [0.3, 0.4) is 0 Å². The summed E-state index contributed by atoms with van der Waals surface area (Å²) in [6.45, 7) is 7.90. The van der Waals surface area contributed by atoms with Gasteiger partial charge < -0.3 is 9.47 Å². The molecule has 0 radical (unpaired) electrons. The molecule has 1 heterocycles. The van der Waals surface area contributed by atoms with E-state index in [0.29, 0.717) is 13.0 Å². The van der Waals surface area contributed by atoms with Crippen LogP contribution in [0.4, 0.5) is 4.79 Å². The van der Waals surface area contributed by atoms with Gasteiger partial charge in [0, 0.05) is 11.4 Å².